The Balaban J connectivity index is 1.87. The highest BCUT2D eigenvalue weighted by molar-refractivity contribution is 6.05. The van der Waals surface area contributed by atoms with Crippen LogP contribution in [0.3, 0.4) is 0 Å². The molecule has 0 spiro atoms. The van der Waals surface area contributed by atoms with Gasteiger partial charge in [-0.25, -0.2) is 0 Å². The number of hydrogen-bond donors (Lipinski definition) is 2. The van der Waals surface area contributed by atoms with Crippen molar-refractivity contribution in [2.75, 3.05) is 12.1 Å². The van der Waals surface area contributed by atoms with Crippen LogP contribution < -0.4 is 14.8 Å². The summed E-state index contributed by atoms with van der Waals surface area (Å²) in [7, 11) is 0. The van der Waals surface area contributed by atoms with Crippen LogP contribution in [0.1, 0.15) is 30.1 Å². The smallest absolute Gasteiger partial charge is 0.307 e. The fourth-order valence-electron chi connectivity index (χ4n) is 2.94. The van der Waals surface area contributed by atoms with Crippen molar-refractivity contribution in [1.29, 1.82) is 0 Å². The molecule has 2 N–H and O–H groups in total. The molecule has 1 heterocycles. The van der Waals surface area contributed by atoms with Crippen LogP contribution in [0, 0.1) is 11.8 Å². The molecule has 1 aromatic rings. The fraction of sp³-hybridized carbons (Fsp3) is 0.353. The molecule has 0 saturated heterocycles. The minimum Gasteiger partial charge on any atom is -0.481 e. The van der Waals surface area contributed by atoms with Crippen molar-refractivity contribution >= 4 is 23.3 Å². The number of hydrogen-bond acceptors (Lipinski definition) is 5. The molecule has 24 heavy (non-hydrogen) atoms. The maximum absolute atomic E-state index is 12.6. The van der Waals surface area contributed by atoms with E-state index in [1.807, 2.05) is 0 Å². The Morgan fingerprint density at radius 1 is 1.08 bits per heavy atom. The molecule has 7 heteroatoms. The minimum atomic E-state index is -1.00. The highest BCUT2D eigenvalue weighted by atomic mass is 16.7. The Labute approximate surface area is 138 Å². The van der Waals surface area contributed by atoms with Crippen LogP contribution in [0.2, 0.25) is 0 Å². The number of fused-ring (bicyclic) bond motifs is 1. The zero-order valence-electron chi connectivity index (χ0n) is 13.1. The predicted molar refractivity (Wildman–Crippen MR) is 84.2 cm³/mol. The van der Waals surface area contributed by atoms with Gasteiger partial charge in [-0.2, -0.15) is 0 Å². The molecule has 2 atom stereocenters. The van der Waals surface area contributed by atoms with Gasteiger partial charge in [0, 0.05) is 11.6 Å². The Morgan fingerprint density at radius 3 is 2.33 bits per heavy atom. The number of ketones is 1. The van der Waals surface area contributed by atoms with E-state index in [4.69, 9.17) is 9.47 Å². The summed E-state index contributed by atoms with van der Waals surface area (Å²) in [5, 5.41) is 12.0. The fourth-order valence-corrected chi connectivity index (χ4v) is 2.94. The maximum Gasteiger partial charge on any atom is 0.307 e. The second-order valence-electron chi connectivity index (χ2n) is 5.79. The highest BCUT2D eigenvalue weighted by Gasteiger charge is 2.34. The lowest BCUT2D eigenvalue weighted by Gasteiger charge is -2.24. The second kappa shape index (κ2) is 6.35. The average molecular weight is 331 g/mol. The maximum atomic E-state index is 12.6. The van der Waals surface area contributed by atoms with E-state index < -0.39 is 23.7 Å². The number of benzene rings is 1. The molecule has 7 nitrogen and oxygen atoms in total. The lowest BCUT2D eigenvalue weighted by molar-refractivity contribution is -0.146. The molecule has 0 saturated carbocycles. The van der Waals surface area contributed by atoms with Crippen molar-refractivity contribution in [2.24, 2.45) is 11.8 Å². The molecule has 0 radical (unpaired) electrons. The molecule has 2 unspecified atom stereocenters. The standard InChI is InChI=1S/C17H17NO6/c1-9(19)12-6-14-15(24-8-23-14)7-13(12)18-16(20)10-4-2-3-5-11(10)17(21)22/h2-3,6-7,10-11H,4-5,8H2,1H3,(H,18,20)(H,21,22). The number of Topliss-reactive ketones (excluding diaryl/α,β-unsaturated/α-hetero) is 1. The number of aliphatic carboxylic acids is 1. The number of allylic oxidation sites excluding steroid dienone is 2. The summed E-state index contributed by atoms with van der Waals surface area (Å²) in [5.41, 5.74) is 0.598. The van der Waals surface area contributed by atoms with Gasteiger partial charge < -0.3 is 19.9 Å². The van der Waals surface area contributed by atoms with Crippen LogP contribution in [0.25, 0.3) is 0 Å². The quantitative estimate of drug-likeness (QED) is 0.648. The number of carbonyl (C=O) groups excluding carboxylic acids is 2. The minimum absolute atomic E-state index is 0.0542. The summed E-state index contributed by atoms with van der Waals surface area (Å²) in [6, 6.07) is 3.06. The first-order valence-electron chi connectivity index (χ1n) is 7.60. The molecular weight excluding hydrogens is 314 g/mol. The van der Waals surface area contributed by atoms with Gasteiger partial charge >= 0.3 is 5.97 Å². The zero-order valence-corrected chi connectivity index (χ0v) is 13.1. The van der Waals surface area contributed by atoms with Crippen LogP contribution in [0.15, 0.2) is 24.3 Å². The lowest BCUT2D eigenvalue weighted by Crippen LogP contribution is -2.35. The third kappa shape index (κ3) is 2.97. The molecule has 126 valence electrons. The first-order chi connectivity index (χ1) is 11.5. The normalized spacial score (nSPS) is 21.4. The Kier molecular flexibility index (Phi) is 4.24. The number of carboxylic acid groups (broad SMARTS) is 1. The van der Waals surface area contributed by atoms with E-state index in [2.05, 4.69) is 5.32 Å². The summed E-state index contributed by atoms with van der Waals surface area (Å²) in [4.78, 5) is 35.8. The first kappa shape index (κ1) is 16.0. The van der Waals surface area contributed by atoms with E-state index in [0.717, 1.165) is 0 Å². The summed E-state index contributed by atoms with van der Waals surface area (Å²) >= 11 is 0. The average Bonchev–Trinajstić information content (AvgIpc) is 3.01. The van der Waals surface area contributed by atoms with Gasteiger partial charge in [-0.1, -0.05) is 12.2 Å². The van der Waals surface area contributed by atoms with E-state index in [-0.39, 0.29) is 12.6 Å². The van der Waals surface area contributed by atoms with Gasteiger partial charge in [0.2, 0.25) is 12.7 Å². The van der Waals surface area contributed by atoms with Crippen molar-refractivity contribution in [3.8, 4) is 11.5 Å². The van der Waals surface area contributed by atoms with Crippen LogP contribution in [-0.2, 0) is 9.59 Å². The third-order valence-electron chi connectivity index (χ3n) is 4.24. The van der Waals surface area contributed by atoms with Gasteiger partial charge in [-0.3, -0.25) is 14.4 Å². The van der Waals surface area contributed by atoms with Crippen molar-refractivity contribution in [3.63, 3.8) is 0 Å². The largest absolute Gasteiger partial charge is 0.481 e. The number of amides is 1. The van der Waals surface area contributed by atoms with Crippen molar-refractivity contribution < 1.29 is 29.0 Å². The van der Waals surface area contributed by atoms with Crippen LogP contribution in [0.5, 0.6) is 11.5 Å². The van der Waals surface area contributed by atoms with Crippen LogP contribution >= 0.6 is 0 Å². The molecule has 1 aliphatic carbocycles. The van der Waals surface area contributed by atoms with Gasteiger partial charge in [0.25, 0.3) is 0 Å². The van der Waals surface area contributed by atoms with Crippen LogP contribution in [0.4, 0.5) is 5.69 Å². The molecule has 1 aliphatic heterocycles. The van der Waals surface area contributed by atoms with Gasteiger partial charge in [0.05, 0.1) is 17.5 Å². The molecule has 0 aromatic heterocycles. The number of nitrogens with one attached hydrogen (secondary N) is 1. The Bertz CT molecular complexity index is 739. The Hall–Kier alpha value is -2.83. The topological polar surface area (TPSA) is 102 Å². The number of carboxylic acids is 1. The molecule has 2 aliphatic rings. The number of rotatable bonds is 4. The van der Waals surface area contributed by atoms with Gasteiger partial charge in [0.1, 0.15) is 0 Å². The van der Waals surface area contributed by atoms with E-state index >= 15 is 0 Å². The van der Waals surface area contributed by atoms with Crippen molar-refractivity contribution in [2.45, 2.75) is 19.8 Å². The molecule has 1 aromatic carbocycles. The molecule has 0 fully saturated rings. The summed E-state index contributed by atoms with van der Waals surface area (Å²) in [6.45, 7) is 1.44. The number of ether oxygens (including phenoxy) is 2. The van der Waals surface area contributed by atoms with E-state index in [1.54, 1.807) is 12.2 Å². The lowest BCUT2D eigenvalue weighted by atomic mass is 9.82. The van der Waals surface area contributed by atoms with Gasteiger partial charge in [0.15, 0.2) is 17.3 Å². The molecular formula is C17H17NO6. The van der Waals surface area contributed by atoms with Crippen molar-refractivity contribution in [1.82, 2.24) is 0 Å². The van der Waals surface area contributed by atoms with E-state index in [0.29, 0.717) is 35.6 Å². The zero-order chi connectivity index (χ0) is 17.3. The van der Waals surface area contributed by atoms with Crippen LogP contribution in [-0.4, -0.2) is 29.6 Å². The summed E-state index contributed by atoms with van der Waals surface area (Å²) < 4.78 is 10.5. The SMILES string of the molecule is CC(=O)c1cc2c(cc1NC(=O)C1CC=CCC1C(=O)O)OCO2. The molecule has 1 amide bonds. The van der Waals surface area contributed by atoms with E-state index in [1.165, 1.54) is 19.1 Å². The van der Waals surface area contributed by atoms with Gasteiger partial charge in [-0.05, 0) is 25.8 Å². The predicted octanol–water partition coefficient (Wildman–Crippen LogP) is 2.22. The summed E-state index contributed by atoms with van der Waals surface area (Å²) in [6.07, 6.45) is 4.23. The molecule has 3 rings (SSSR count). The first-order valence-corrected chi connectivity index (χ1v) is 7.60. The number of carbonyl (C=O) groups is 3. The summed E-state index contributed by atoms with van der Waals surface area (Å²) in [5.74, 6) is -2.23. The van der Waals surface area contributed by atoms with E-state index in [9.17, 15) is 19.5 Å². The molecule has 0 bridgehead atoms. The monoisotopic (exact) mass is 331 g/mol. The highest BCUT2D eigenvalue weighted by Crippen LogP contribution is 2.38. The van der Waals surface area contributed by atoms with Gasteiger partial charge in [-0.15, -0.1) is 0 Å². The third-order valence-corrected chi connectivity index (χ3v) is 4.24. The second-order valence-corrected chi connectivity index (χ2v) is 5.79. The van der Waals surface area contributed by atoms with Crippen molar-refractivity contribution in [3.05, 3.63) is 29.8 Å². The number of anilines is 1. The Morgan fingerprint density at radius 2 is 1.71 bits per heavy atom.